The molecule has 0 bridgehead atoms. The molecule has 3 aromatic rings. The molecule has 7 nitrogen and oxygen atoms in total. The molecule has 4 rings (SSSR count). The molecule has 186 valence electrons. The monoisotopic (exact) mass is 518 g/mol. The molecule has 1 saturated heterocycles. The quantitative estimate of drug-likeness (QED) is 0.513. The SMILES string of the molecule is CCOc1ccc(-n2nnnc2C(F)(F)F)cc1CN1CCC[C@H](N)[C@@H]1c1ccccc1.Cl.Cl. The fraction of sp³-hybridized carbons (Fsp3) is 0.409. The summed E-state index contributed by atoms with van der Waals surface area (Å²) < 4.78 is 46.4. The molecule has 0 unspecified atom stereocenters. The van der Waals surface area contributed by atoms with Gasteiger partial charge in [-0.1, -0.05) is 30.3 Å². The number of benzene rings is 2. The Morgan fingerprint density at radius 3 is 2.53 bits per heavy atom. The molecule has 2 heterocycles. The number of halogens is 5. The van der Waals surface area contributed by atoms with Crippen molar-refractivity contribution in [1.82, 2.24) is 25.1 Å². The van der Waals surface area contributed by atoms with Crippen molar-refractivity contribution >= 4 is 24.8 Å². The lowest BCUT2D eigenvalue weighted by molar-refractivity contribution is -0.146. The van der Waals surface area contributed by atoms with Crippen LogP contribution >= 0.6 is 24.8 Å². The maximum atomic E-state index is 13.3. The second-order valence-corrected chi connectivity index (χ2v) is 7.77. The number of alkyl halides is 3. The second kappa shape index (κ2) is 11.8. The van der Waals surface area contributed by atoms with Crippen LogP contribution in [0.4, 0.5) is 13.2 Å². The zero-order chi connectivity index (χ0) is 22.7. The molecule has 0 aliphatic carbocycles. The van der Waals surface area contributed by atoms with E-state index in [1.54, 1.807) is 12.1 Å². The summed E-state index contributed by atoms with van der Waals surface area (Å²) in [6.45, 7) is 3.60. The first-order valence-electron chi connectivity index (χ1n) is 10.5. The van der Waals surface area contributed by atoms with E-state index in [0.717, 1.165) is 30.5 Å². The fourth-order valence-corrected chi connectivity index (χ4v) is 4.26. The normalized spacial score (nSPS) is 18.6. The van der Waals surface area contributed by atoms with Crippen molar-refractivity contribution in [2.45, 2.75) is 44.6 Å². The van der Waals surface area contributed by atoms with E-state index < -0.39 is 12.0 Å². The lowest BCUT2D eigenvalue weighted by atomic mass is 9.90. The smallest absolute Gasteiger partial charge is 0.453 e. The van der Waals surface area contributed by atoms with Crippen molar-refractivity contribution in [1.29, 1.82) is 0 Å². The van der Waals surface area contributed by atoms with Crippen LogP contribution in [0, 0.1) is 0 Å². The molecule has 1 aliphatic rings. The molecule has 1 aromatic heterocycles. The van der Waals surface area contributed by atoms with E-state index in [4.69, 9.17) is 10.5 Å². The van der Waals surface area contributed by atoms with Gasteiger partial charge in [0.15, 0.2) is 0 Å². The molecule has 34 heavy (non-hydrogen) atoms. The number of ether oxygens (including phenoxy) is 1. The molecule has 1 fully saturated rings. The summed E-state index contributed by atoms with van der Waals surface area (Å²) in [7, 11) is 0. The molecular formula is C22H27Cl2F3N6O. The fourth-order valence-electron chi connectivity index (χ4n) is 4.26. The van der Waals surface area contributed by atoms with Crippen LogP contribution in [0.2, 0.25) is 0 Å². The van der Waals surface area contributed by atoms with Crippen LogP contribution < -0.4 is 10.5 Å². The summed E-state index contributed by atoms with van der Waals surface area (Å²) in [6, 6.07) is 14.8. The summed E-state index contributed by atoms with van der Waals surface area (Å²) >= 11 is 0. The van der Waals surface area contributed by atoms with E-state index in [2.05, 4.69) is 32.6 Å². The highest BCUT2D eigenvalue weighted by atomic mass is 35.5. The molecule has 1 aliphatic heterocycles. The molecular weight excluding hydrogens is 492 g/mol. The number of likely N-dealkylation sites (tertiary alicyclic amines) is 1. The number of nitrogens with zero attached hydrogens (tertiary/aromatic N) is 5. The number of aromatic nitrogens is 4. The van der Waals surface area contributed by atoms with Crippen molar-refractivity contribution in [3.05, 3.63) is 65.5 Å². The molecule has 2 atom stereocenters. The van der Waals surface area contributed by atoms with Crippen LogP contribution in [0.25, 0.3) is 5.69 Å². The van der Waals surface area contributed by atoms with Crippen LogP contribution in [0.3, 0.4) is 0 Å². The minimum absolute atomic E-state index is 0. The van der Waals surface area contributed by atoms with E-state index in [1.165, 1.54) is 6.07 Å². The van der Waals surface area contributed by atoms with Gasteiger partial charge in [-0.05, 0) is 60.5 Å². The van der Waals surface area contributed by atoms with Gasteiger partial charge in [-0.3, -0.25) is 4.90 Å². The van der Waals surface area contributed by atoms with Crippen LogP contribution in [-0.2, 0) is 12.7 Å². The van der Waals surface area contributed by atoms with Gasteiger partial charge in [0, 0.05) is 18.2 Å². The molecule has 2 aromatic carbocycles. The molecule has 2 N–H and O–H groups in total. The van der Waals surface area contributed by atoms with Crippen LogP contribution in [0.1, 0.15) is 42.8 Å². The highest BCUT2D eigenvalue weighted by Gasteiger charge is 2.38. The zero-order valence-corrected chi connectivity index (χ0v) is 20.1. The van der Waals surface area contributed by atoms with Gasteiger partial charge in [0.1, 0.15) is 5.75 Å². The summed E-state index contributed by atoms with van der Waals surface area (Å²) in [5, 5.41) is 9.92. The van der Waals surface area contributed by atoms with Gasteiger partial charge in [-0.25, -0.2) is 0 Å². The van der Waals surface area contributed by atoms with Gasteiger partial charge >= 0.3 is 6.18 Å². The largest absolute Gasteiger partial charge is 0.494 e. The molecule has 12 heteroatoms. The van der Waals surface area contributed by atoms with Crippen LogP contribution in [-0.4, -0.2) is 44.3 Å². The number of nitrogens with two attached hydrogens (primary N) is 1. The Kier molecular flexibility index (Phi) is 9.69. The second-order valence-electron chi connectivity index (χ2n) is 7.77. The average molecular weight is 519 g/mol. The van der Waals surface area contributed by atoms with Crippen molar-refractivity contribution < 1.29 is 17.9 Å². The van der Waals surface area contributed by atoms with E-state index >= 15 is 0 Å². The predicted molar refractivity (Wildman–Crippen MR) is 127 cm³/mol. The van der Waals surface area contributed by atoms with Crippen molar-refractivity contribution in [3.8, 4) is 11.4 Å². The summed E-state index contributed by atoms with van der Waals surface area (Å²) in [5.74, 6) is -0.557. The molecule has 0 radical (unpaired) electrons. The van der Waals surface area contributed by atoms with Crippen LogP contribution in [0.15, 0.2) is 48.5 Å². The Morgan fingerprint density at radius 1 is 1.12 bits per heavy atom. The Bertz CT molecular complexity index is 1050. The maximum absolute atomic E-state index is 13.3. The minimum Gasteiger partial charge on any atom is -0.494 e. The Morgan fingerprint density at radius 2 is 1.85 bits per heavy atom. The Balaban J connectivity index is 0.00000204. The number of piperidine rings is 1. The average Bonchev–Trinajstić information content (AvgIpc) is 3.27. The van der Waals surface area contributed by atoms with E-state index in [-0.39, 0.29) is 42.6 Å². The van der Waals surface area contributed by atoms with Gasteiger partial charge in [0.25, 0.3) is 5.82 Å². The summed E-state index contributed by atoms with van der Waals surface area (Å²) in [6.07, 6.45) is -2.81. The van der Waals surface area contributed by atoms with Gasteiger partial charge < -0.3 is 10.5 Å². The van der Waals surface area contributed by atoms with Crippen molar-refractivity contribution in [2.24, 2.45) is 5.73 Å². The lowest BCUT2D eigenvalue weighted by Gasteiger charge is -2.40. The van der Waals surface area contributed by atoms with Gasteiger partial charge in [0.2, 0.25) is 0 Å². The topological polar surface area (TPSA) is 82.1 Å². The standard InChI is InChI=1S/C22H25F3N6O.2ClH/c1-2-32-19-11-10-17(31-21(22(23,24)25)27-28-29-31)13-16(19)14-30-12-6-9-18(26)20(30)15-7-4-3-5-8-15;;/h3-5,7-8,10-11,13,18,20H,2,6,9,12,14,26H2,1H3;2*1H/t18-,20-;;/m0../s1. The third-order valence-corrected chi connectivity index (χ3v) is 5.61. The Labute approximate surface area is 208 Å². The summed E-state index contributed by atoms with van der Waals surface area (Å²) in [5.41, 5.74) is 8.59. The lowest BCUT2D eigenvalue weighted by Crippen LogP contribution is -2.45. The first-order chi connectivity index (χ1) is 15.4. The molecule has 0 spiro atoms. The van der Waals surface area contributed by atoms with Crippen LogP contribution in [0.5, 0.6) is 5.75 Å². The van der Waals surface area contributed by atoms with E-state index in [9.17, 15) is 13.2 Å². The summed E-state index contributed by atoms with van der Waals surface area (Å²) in [4.78, 5) is 2.26. The highest BCUT2D eigenvalue weighted by molar-refractivity contribution is 5.85. The number of tetrazole rings is 1. The highest BCUT2D eigenvalue weighted by Crippen LogP contribution is 2.34. The number of rotatable bonds is 6. The minimum atomic E-state index is -4.67. The Hall–Kier alpha value is -2.40. The van der Waals surface area contributed by atoms with Gasteiger partial charge in [-0.15, -0.1) is 29.9 Å². The predicted octanol–water partition coefficient (Wildman–Crippen LogP) is 4.59. The van der Waals surface area contributed by atoms with E-state index in [1.807, 2.05) is 25.1 Å². The van der Waals surface area contributed by atoms with Gasteiger partial charge in [-0.2, -0.15) is 17.9 Å². The van der Waals surface area contributed by atoms with Crippen molar-refractivity contribution in [3.63, 3.8) is 0 Å². The first-order valence-corrected chi connectivity index (χ1v) is 10.5. The van der Waals surface area contributed by atoms with Crippen molar-refractivity contribution in [2.75, 3.05) is 13.2 Å². The third-order valence-electron chi connectivity index (χ3n) is 5.61. The third kappa shape index (κ3) is 5.99. The number of hydrogen-bond acceptors (Lipinski definition) is 6. The number of hydrogen-bond donors (Lipinski definition) is 1. The molecule has 0 saturated carbocycles. The van der Waals surface area contributed by atoms with E-state index in [0.29, 0.717) is 23.6 Å². The maximum Gasteiger partial charge on any atom is 0.453 e. The van der Waals surface area contributed by atoms with Gasteiger partial charge in [0.05, 0.1) is 18.3 Å². The first kappa shape index (κ1) is 27.8. The molecule has 0 amide bonds. The zero-order valence-electron chi connectivity index (χ0n) is 18.5.